The number of nitrogens with zero attached hydrogens (tertiary/aromatic N) is 5. The molecule has 1 N–H and O–H groups in total. The number of urea groups is 1. The zero-order valence-corrected chi connectivity index (χ0v) is 18.5. The first kappa shape index (κ1) is 23.3. The summed E-state index contributed by atoms with van der Waals surface area (Å²) < 4.78 is 40.5. The number of anilines is 2. The van der Waals surface area contributed by atoms with Gasteiger partial charge in [0.15, 0.2) is 5.82 Å². The highest BCUT2D eigenvalue weighted by molar-refractivity contribution is 5.99. The van der Waals surface area contributed by atoms with Crippen LogP contribution in [-0.2, 0) is 11.0 Å². The van der Waals surface area contributed by atoms with E-state index in [1.165, 1.54) is 17.0 Å². The standard InChI is InChI=1S/C23H23F3N6O2/c1-15(2)19-13-30(18-7-8-20(27-12-18)32-10-4-9-28-32)22(34)31(19)14-21(33)29-17-6-3-5-16(11-17)23(24,25)26/h3-12,15,19H,13-14H2,1-2H3,(H,29,33)/t19-/m1/s1. The van der Waals surface area contributed by atoms with Crippen LogP contribution in [0.15, 0.2) is 61.1 Å². The molecular weight excluding hydrogens is 449 g/mol. The minimum absolute atomic E-state index is 0.0165. The highest BCUT2D eigenvalue weighted by Gasteiger charge is 2.40. The molecule has 0 bridgehead atoms. The average Bonchev–Trinajstić information content (AvgIpc) is 3.43. The topological polar surface area (TPSA) is 83.4 Å². The SMILES string of the molecule is CC(C)[C@H]1CN(c2ccc(-n3cccn3)nc2)C(=O)N1CC(=O)Nc1cccc(C(F)(F)F)c1. The van der Waals surface area contributed by atoms with Gasteiger partial charge in [-0.1, -0.05) is 19.9 Å². The van der Waals surface area contributed by atoms with Gasteiger partial charge in [-0.05, 0) is 42.3 Å². The van der Waals surface area contributed by atoms with Gasteiger partial charge in [-0.2, -0.15) is 18.3 Å². The van der Waals surface area contributed by atoms with Crippen LogP contribution in [-0.4, -0.2) is 50.7 Å². The summed E-state index contributed by atoms with van der Waals surface area (Å²) in [5.74, 6) is 0.0667. The van der Waals surface area contributed by atoms with E-state index in [9.17, 15) is 22.8 Å². The molecule has 3 heterocycles. The van der Waals surface area contributed by atoms with Crippen LogP contribution < -0.4 is 10.2 Å². The van der Waals surface area contributed by atoms with Crippen LogP contribution in [0.2, 0.25) is 0 Å². The van der Waals surface area contributed by atoms with Gasteiger partial charge in [0.1, 0.15) is 6.54 Å². The Kier molecular flexibility index (Phi) is 6.27. The van der Waals surface area contributed by atoms with Crippen molar-refractivity contribution in [1.29, 1.82) is 0 Å². The highest BCUT2D eigenvalue weighted by atomic mass is 19.4. The summed E-state index contributed by atoms with van der Waals surface area (Å²) in [6, 6.07) is 9.03. The van der Waals surface area contributed by atoms with E-state index < -0.39 is 17.6 Å². The molecule has 3 amide bonds. The summed E-state index contributed by atoms with van der Waals surface area (Å²) in [6.45, 7) is 3.96. The molecule has 0 radical (unpaired) electrons. The van der Waals surface area contributed by atoms with Crippen LogP contribution in [0, 0.1) is 5.92 Å². The largest absolute Gasteiger partial charge is 0.416 e. The monoisotopic (exact) mass is 472 g/mol. The number of aromatic nitrogens is 3. The molecule has 34 heavy (non-hydrogen) atoms. The maximum atomic E-state index is 13.2. The summed E-state index contributed by atoms with van der Waals surface area (Å²) in [5.41, 5.74) is -0.269. The Hall–Kier alpha value is -3.89. The third-order valence-corrected chi connectivity index (χ3v) is 5.59. The summed E-state index contributed by atoms with van der Waals surface area (Å²) in [6.07, 6.45) is 0.437. The molecule has 0 aliphatic carbocycles. The summed E-state index contributed by atoms with van der Waals surface area (Å²) in [5, 5.41) is 6.59. The molecule has 1 atom stereocenters. The van der Waals surface area contributed by atoms with Crippen LogP contribution in [0.4, 0.5) is 29.3 Å². The molecule has 3 aromatic rings. The van der Waals surface area contributed by atoms with Crippen LogP contribution in [0.3, 0.4) is 0 Å². The van der Waals surface area contributed by atoms with Gasteiger partial charge in [0.05, 0.1) is 23.5 Å². The molecular formula is C23H23F3N6O2. The van der Waals surface area contributed by atoms with E-state index in [1.807, 2.05) is 13.8 Å². The van der Waals surface area contributed by atoms with Gasteiger partial charge in [-0.15, -0.1) is 0 Å². The van der Waals surface area contributed by atoms with Crippen molar-refractivity contribution in [3.63, 3.8) is 0 Å². The van der Waals surface area contributed by atoms with Gasteiger partial charge in [0, 0.05) is 24.6 Å². The van der Waals surface area contributed by atoms with E-state index in [2.05, 4.69) is 15.4 Å². The van der Waals surface area contributed by atoms with Gasteiger partial charge in [0.25, 0.3) is 0 Å². The fraction of sp³-hybridized carbons (Fsp3) is 0.304. The smallest absolute Gasteiger partial charge is 0.325 e. The molecule has 0 saturated carbocycles. The molecule has 178 valence electrons. The van der Waals surface area contributed by atoms with Crippen molar-refractivity contribution >= 4 is 23.3 Å². The van der Waals surface area contributed by atoms with E-state index in [-0.39, 0.29) is 30.2 Å². The number of benzene rings is 1. The number of carbonyl (C=O) groups excluding carboxylic acids is 2. The molecule has 11 heteroatoms. The molecule has 4 rings (SSSR count). The number of halogens is 3. The minimum atomic E-state index is -4.52. The predicted octanol–water partition coefficient (Wildman–Crippen LogP) is 4.19. The normalized spacial score (nSPS) is 16.4. The van der Waals surface area contributed by atoms with Crippen molar-refractivity contribution in [3.05, 3.63) is 66.6 Å². The number of amides is 3. The summed E-state index contributed by atoms with van der Waals surface area (Å²) >= 11 is 0. The summed E-state index contributed by atoms with van der Waals surface area (Å²) in [4.78, 5) is 33.2. The van der Waals surface area contributed by atoms with E-state index in [0.29, 0.717) is 18.1 Å². The van der Waals surface area contributed by atoms with Crippen LogP contribution in [0.1, 0.15) is 19.4 Å². The van der Waals surface area contributed by atoms with Crippen LogP contribution >= 0.6 is 0 Å². The van der Waals surface area contributed by atoms with Gasteiger partial charge >= 0.3 is 12.2 Å². The number of hydrogen-bond acceptors (Lipinski definition) is 4. The second kappa shape index (κ2) is 9.16. The van der Waals surface area contributed by atoms with E-state index in [0.717, 1.165) is 12.1 Å². The number of hydrogen-bond donors (Lipinski definition) is 1. The molecule has 1 aromatic carbocycles. The lowest BCUT2D eigenvalue weighted by Gasteiger charge is -2.25. The number of alkyl halides is 3. The predicted molar refractivity (Wildman–Crippen MR) is 120 cm³/mol. The van der Waals surface area contributed by atoms with Crippen LogP contribution in [0.25, 0.3) is 5.82 Å². The Morgan fingerprint density at radius 1 is 1.21 bits per heavy atom. The Balaban J connectivity index is 1.48. The van der Waals surface area contributed by atoms with E-state index >= 15 is 0 Å². The van der Waals surface area contributed by atoms with E-state index in [1.54, 1.807) is 46.4 Å². The molecule has 1 saturated heterocycles. The number of pyridine rings is 1. The highest BCUT2D eigenvalue weighted by Crippen LogP contribution is 2.31. The lowest BCUT2D eigenvalue weighted by atomic mass is 10.0. The molecule has 1 fully saturated rings. The fourth-order valence-electron chi connectivity index (χ4n) is 3.84. The molecule has 1 aliphatic rings. The third kappa shape index (κ3) is 4.87. The second-order valence-electron chi connectivity index (χ2n) is 8.28. The minimum Gasteiger partial charge on any atom is -0.325 e. The van der Waals surface area contributed by atoms with Crippen molar-refractivity contribution < 1.29 is 22.8 Å². The quantitative estimate of drug-likeness (QED) is 0.583. The molecule has 0 spiro atoms. The Labute approximate surface area is 194 Å². The van der Waals surface area contributed by atoms with Crippen molar-refractivity contribution in [1.82, 2.24) is 19.7 Å². The maximum Gasteiger partial charge on any atom is 0.416 e. The van der Waals surface area contributed by atoms with Gasteiger partial charge in [-0.3, -0.25) is 9.69 Å². The van der Waals surface area contributed by atoms with Gasteiger partial charge in [0.2, 0.25) is 5.91 Å². The van der Waals surface area contributed by atoms with Gasteiger partial charge < -0.3 is 10.2 Å². The third-order valence-electron chi connectivity index (χ3n) is 5.59. The van der Waals surface area contributed by atoms with E-state index in [4.69, 9.17) is 0 Å². The Morgan fingerprint density at radius 2 is 2.00 bits per heavy atom. The number of carbonyl (C=O) groups is 2. The van der Waals surface area contributed by atoms with Crippen molar-refractivity contribution in [2.75, 3.05) is 23.3 Å². The summed E-state index contributed by atoms with van der Waals surface area (Å²) in [7, 11) is 0. The lowest BCUT2D eigenvalue weighted by Crippen LogP contribution is -2.42. The first-order valence-electron chi connectivity index (χ1n) is 10.6. The Morgan fingerprint density at radius 3 is 2.62 bits per heavy atom. The van der Waals surface area contributed by atoms with Crippen molar-refractivity contribution in [2.24, 2.45) is 5.92 Å². The molecule has 0 unspecified atom stereocenters. The maximum absolute atomic E-state index is 13.2. The number of nitrogens with one attached hydrogen (secondary N) is 1. The average molecular weight is 472 g/mol. The van der Waals surface area contributed by atoms with Gasteiger partial charge in [-0.25, -0.2) is 14.5 Å². The first-order valence-corrected chi connectivity index (χ1v) is 10.6. The molecule has 1 aliphatic heterocycles. The zero-order chi connectivity index (χ0) is 24.5. The first-order chi connectivity index (χ1) is 16.1. The van der Waals surface area contributed by atoms with Crippen molar-refractivity contribution in [2.45, 2.75) is 26.1 Å². The molecule has 2 aromatic heterocycles. The molecule has 8 nitrogen and oxygen atoms in total. The number of rotatable bonds is 6. The van der Waals surface area contributed by atoms with Crippen LogP contribution in [0.5, 0.6) is 0 Å². The lowest BCUT2D eigenvalue weighted by molar-refractivity contribution is -0.137. The Bertz CT molecular complexity index is 1160. The fourth-order valence-corrected chi connectivity index (χ4v) is 3.84. The second-order valence-corrected chi connectivity index (χ2v) is 8.28. The van der Waals surface area contributed by atoms with Crippen molar-refractivity contribution in [3.8, 4) is 5.82 Å². The zero-order valence-electron chi connectivity index (χ0n) is 18.5.